The number of aryl methyl sites for hydroxylation is 1. The third-order valence-electron chi connectivity index (χ3n) is 2.92. The first-order valence-corrected chi connectivity index (χ1v) is 7.09. The Bertz CT molecular complexity index is 650. The summed E-state index contributed by atoms with van der Waals surface area (Å²) in [4.78, 5) is 0. The van der Waals surface area contributed by atoms with Crippen molar-refractivity contribution in [2.75, 3.05) is 0 Å². The topological polar surface area (TPSA) is 27.1 Å². The van der Waals surface area contributed by atoms with Crippen molar-refractivity contribution in [2.45, 2.75) is 33.1 Å². The molecule has 0 unspecified atom stereocenters. The smallest absolute Gasteiger partial charge is 0.406 e. The van der Waals surface area contributed by atoms with Gasteiger partial charge in [-0.25, -0.2) is 4.68 Å². The number of alkyl halides is 3. The summed E-state index contributed by atoms with van der Waals surface area (Å²) < 4.78 is 43.1. The van der Waals surface area contributed by atoms with E-state index in [-0.39, 0.29) is 11.7 Å². The summed E-state index contributed by atoms with van der Waals surface area (Å²) in [6.45, 7) is 5.79. The monoisotopic (exact) mass is 362 g/mol. The van der Waals surface area contributed by atoms with Crippen molar-refractivity contribution in [3.05, 3.63) is 40.1 Å². The Morgan fingerprint density at radius 3 is 2.43 bits per heavy atom. The van der Waals surface area contributed by atoms with Gasteiger partial charge < -0.3 is 4.74 Å². The number of benzene rings is 1. The molecule has 0 aliphatic rings. The van der Waals surface area contributed by atoms with E-state index in [0.29, 0.717) is 10.3 Å². The molecule has 0 bridgehead atoms. The van der Waals surface area contributed by atoms with E-state index in [9.17, 15) is 13.2 Å². The van der Waals surface area contributed by atoms with Crippen LogP contribution in [0.4, 0.5) is 13.2 Å². The summed E-state index contributed by atoms with van der Waals surface area (Å²) in [5, 5.41) is 4.41. The molecule has 0 spiro atoms. The first-order chi connectivity index (χ1) is 9.67. The number of halogens is 4. The van der Waals surface area contributed by atoms with E-state index in [4.69, 9.17) is 0 Å². The van der Waals surface area contributed by atoms with Crippen molar-refractivity contribution < 1.29 is 17.9 Å². The zero-order chi connectivity index (χ0) is 15.8. The third kappa shape index (κ3) is 3.78. The van der Waals surface area contributed by atoms with Gasteiger partial charge in [-0.05, 0) is 46.5 Å². The van der Waals surface area contributed by atoms with Crippen molar-refractivity contribution in [1.82, 2.24) is 9.78 Å². The molecule has 1 heterocycles. The van der Waals surface area contributed by atoms with Gasteiger partial charge >= 0.3 is 6.36 Å². The van der Waals surface area contributed by atoms with Gasteiger partial charge in [-0.1, -0.05) is 19.9 Å². The first-order valence-electron chi connectivity index (χ1n) is 6.29. The van der Waals surface area contributed by atoms with Gasteiger partial charge in [0.25, 0.3) is 0 Å². The van der Waals surface area contributed by atoms with E-state index in [1.165, 1.54) is 12.1 Å². The average Bonchev–Trinajstić information content (AvgIpc) is 2.72. The van der Waals surface area contributed by atoms with Gasteiger partial charge in [0, 0.05) is 6.07 Å². The maximum absolute atomic E-state index is 12.3. The molecule has 0 N–H and O–H groups in total. The predicted octanol–water partition coefficient (Wildman–Crippen LogP) is 4.97. The fourth-order valence-corrected chi connectivity index (χ4v) is 2.35. The Morgan fingerprint density at radius 1 is 1.24 bits per heavy atom. The molecule has 21 heavy (non-hydrogen) atoms. The quantitative estimate of drug-likeness (QED) is 0.770. The normalized spacial score (nSPS) is 12.0. The average molecular weight is 363 g/mol. The van der Waals surface area contributed by atoms with Gasteiger partial charge in [-0.15, -0.1) is 13.2 Å². The number of nitrogens with zero attached hydrogens (tertiary/aromatic N) is 2. The summed E-state index contributed by atoms with van der Waals surface area (Å²) in [6.07, 6.45) is -4.71. The van der Waals surface area contributed by atoms with E-state index in [0.717, 1.165) is 11.3 Å². The fraction of sp³-hybridized carbons (Fsp3) is 0.357. The van der Waals surface area contributed by atoms with Crippen molar-refractivity contribution in [3.8, 4) is 11.4 Å². The molecule has 0 aliphatic carbocycles. The Morgan fingerprint density at radius 2 is 1.90 bits per heavy atom. The number of hydrogen-bond donors (Lipinski definition) is 0. The molecular formula is C14H14BrF3N2O. The van der Waals surface area contributed by atoms with Crippen LogP contribution in [0.3, 0.4) is 0 Å². The van der Waals surface area contributed by atoms with Crippen LogP contribution in [0.1, 0.15) is 31.0 Å². The van der Waals surface area contributed by atoms with E-state index in [2.05, 4.69) is 25.8 Å². The summed E-state index contributed by atoms with van der Waals surface area (Å²) in [5.74, 6) is -0.0472. The molecule has 3 nitrogen and oxygen atoms in total. The summed E-state index contributed by atoms with van der Waals surface area (Å²) in [6, 6.07) is 6.03. The van der Waals surface area contributed by atoms with Crippen LogP contribution in [-0.4, -0.2) is 16.1 Å². The first kappa shape index (κ1) is 15.9. The molecule has 0 aliphatic heterocycles. The highest BCUT2D eigenvalue weighted by Crippen LogP contribution is 2.29. The maximum Gasteiger partial charge on any atom is 0.573 e. The molecule has 0 saturated heterocycles. The van der Waals surface area contributed by atoms with E-state index in [1.807, 2.05) is 19.9 Å². The second-order valence-electron chi connectivity index (χ2n) is 4.95. The lowest BCUT2D eigenvalue weighted by Gasteiger charge is -2.12. The number of aromatic nitrogens is 2. The van der Waals surface area contributed by atoms with Crippen molar-refractivity contribution in [2.24, 2.45) is 0 Å². The standard InChI is InChI=1S/C14H14BrF3N2O/c1-8(2)11-7-13(15)20(19-11)12-6-10(5-4-9(12)3)21-14(16,17)18/h4-8H,1-3H3. The van der Waals surface area contributed by atoms with Gasteiger partial charge in [-0.3, -0.25) is 0 Å². The molecule has 0 radical (unpaired) electrons. The Labute approximate surface area is 128 Å². The van der Waals surface area contributed by atoms with Gasteiger partial charge in [0.2, 0.25) is 0 Å². The molecule has 114 valence electrons. The summed E-state index contributed by atoms with van der Waals surface area (Å²) >= 11 is 3.38. The van der Waals surface area contributed by atoms with E-state index >= 15 is 0 Å². The van der Waals surface area contributed by atoms with Crippen LogP contribution < -0.4 is 4.74 Å². The highest BCUT2D eigenvalue weighted by atomic mass is 79.9. The zero-order valence-electron chi connectivity index (χ0n) is 11.7. The molecule has 2 aromatic rings. The summed E-state index contributed by atoms with van der Waals surface area (Å²) in [5.41, 5.74) is 2.18. The van der Waals surface area contributed by atoms with Crippen molar-refractivity contribution >= 4 is 15.9 Å². The minimum Gasteiger partial charge on any atom is -0.406 e. The minimum atomic E-state index is -4.71. The van der Waals surface area contributed by atoms with Crippen LogP contribution in [0.2, 0.25) is 0 Å². The number of ether oxygens (including phenoxy) is 1. The van der Waals surface area contributed by atoms with Crippen LogP contribution in [-0.2, 0) is 0 Å². The third-order valence-corrected chi connectivity index (χ3v) is 3.48. The molecule has 0 atom stereocenters. The van der Waals surface area contributed by atoms with Crippen LogP contribution in [0, 0.1) is 6.92 Å². The lowest BCUT2D eigenvalue weighted by atomic mass is 10.1. The molecular weight excluding hydrogens is 349 g/mol. The largest absolute Gasteiger partial charge is 0.573 e. The SMILES string of the molecule is Cc1ccc(OC(F)(F)F)cc1-n1nc(C(C)C)cc1Br. The maximum atomic E-state index is 12.3. The fourth-order valence-electron chi connectivity index (χ4n) is 1.84. The molecule has 1 aromatic heterocycles. The predicted molar refractivity (Wildman–Crippen MR) is 76.8 cm³/mol. The van der Waals surface area contributed by atoms with Crippen LogP contribution in [0.5, 0.6) is 5.75 Å². The summed E-state index contributed by atoms with van der Waals surface area (Å²) in [7, 11) is 0. The Hall–Kier alpha value is -1.50. The van der Waals surface area contributed by atoms with Crippen molar-refractivity contribution in [3.63, 3.8) is 0 Å². The second kappa shape index (κ2) is 5.71. The Kier molecular flexibility index (Phi) is 4.32. The lowest BCUT2D eigenvalue weighted by Crippen LogP contribution is -2.17. The molecule has 0 saturated carbocycles. The molecule has 0 amide bonds. The van der Waals surface area contributed by atoms with Gasteiger partial charge in [-0.2, -0.15) is 5.10 Å². The van der Waals surface area contributed by atoms with Crippen LogP contribution >= 0.6 is 15.9 Å². The van der Waals surface area contributed by atoms with E-state index < -0.39 is 6.36 Å². The molecule has 1 aromatic carbocycles. The van der Waals surface area contributed by atoms with Gasteiger partial charge in [0.15, 0.2) is 0 Å². The molecule has 7 heteroatoms. The molecule has 0 fully saturated rings. The molecule has 2 rings (SSSR count). The number of rotatable bonds is 3. The highest BCUT2D eigenvalue weighted by molar-refractivity contribution is 9.10. The van der Waals surface area contributed by atoms with Crippen molar-refractivity contribution in [1.29, 1.82) is 0 Å². The van der Waals surface area contributed by atoms with Gasteiger partial charge in [0.05, 0.1) is 11.4 Å². The lowest BCUT2D eigenvalue weighted by molar-refractivity contribution is -0.274. The Balaban J connectivity index is 2.46. The van der Waals surface area contributed by atoms with Gasteiger partial charge in [0.1, 0.15) is 10.4 Å². The second-order valence-corrected chi connectivity index (χ2v) is 5.77. The van der Waals surface area contributed by atoms with E-state index in [1.54, 1.807) is 17.7 Å². The highest BCUT2D eigenvalue weighted by Gasteiger charge is 2.31. The van der Waals surface area contributed by atoms with Crippen LogP contribution in [0.25, 0.3) is 5.69 Å². The minimum absolute atomic E-state index is 0.220. The number of hydrogen-bond acceptors (Lipinski definition) is 2. The van der Waals surface area contributed by atoms with Crippen LogP contribution in [0.15, 0.2) is 28.9 Å². The zero-order valence-corrected chi connectivity index (χ0v) is 13.3.